The highest BCUT2D eigenvalue weighted by Gasteiger charge is 2.51. The van der Waals surface area contributed by atoms with Crippen molar-refractivity contribution in [1.29, 1.82) is 5.26 Å². The first-order valence-corrected chi connectivity index (χ1v) is 8.56. The van der Waals surface area contributed by atoms with Crippen LogP contribution in [0.1, 0.15) is 31.7 Å². The Morgan fingerprint density at radius 1 is 1.33 bits per heavy atom. The van der Waals surface area contributed by atoms with Crippen molar-refractivity contribution in [2.75, 3.05) is 6.61 Å². The number of carbonyl (C=O) groups excluding carboxylic acids is 2. The SMILES string of the molecule is CCOC(=O)[C@H]1C(=O)N(Cc2ccccc2)[C@@H]2CC[C@H](C#N)[C@H]1C2. The van der Waals surface area contributed by atoms with Gasteiger partial charge in [-0.2, -0.15) is 5.26 Å². The van der Waals surface area contributed by atoms with Crippen molar-refractivity contribution in [3.63, 3.8) is 0 Å². The molecule has 1 heterocycles. The fourth-order valence-corrected chi connectivity index (χ4v) is 4.03. The molecule has 2 bridgehead atoms. The van der Waals surface area contributed by atoms with Crippen molar-refractivity contribution in [3.8, 4) is 6.07 Å². The van der Waals surface area contributed by atoms with E-state index in [1.54, 1.807) is 6.92 Å². The van der Waals surface area contributed by atoms with Gasteiger partial charge in [0.2, 0.25) is 5.91 Å². The van der Waals surface area contributed by atoms with Gasteiger partial charge in [0, 0.05) is 12.6 Å². The predicted octanol–water partition coefficient (Wildman–Crippen LogP) is 2.52. The van der Waals surface area contributed by atoms with Gasteiger partial charge in [0.25, 0.3) is 0 Å². The molecule has 5 heteroatoms. The summed E-state index contributed by atoms with van der Waals surface area (Å²) in [7, 11) is 0. The molecule has 1 saturated carbocycles. The van der Waals surface area contributed by atoms with Crippen LogP contribution in [0.3, 0.4) is 0 Å². The Hall–Kier alpha value is -2.35. The molecule has 1 aliphatic heterocycles. The van der Waals surface area contributed by atoms with Crippen LogP contribution in [0, 0.1) is 29.1 Å². The predicted molar refractivity (Wildman–Crippen MR) is 87.3 cm³/mol. The number of carbonyl (C=O) groups is 2. The van der Waals surface area contributed by atoms with Gasteiger partial charge in [-0.25, -0.2) is 0 Å². The zero-order chi connectivity index (χ0) is 17.1. The van der Waals surface area contributed by atoms with Crippen LogP contribution in [0.5, 0.6) is 0 Å². The highest BCUT2D eigenvalue weighted by molar-refractivity contribution is 5.99. The van der Waals surface area contributed by atoms with E-state index in [1.165, 1.54) is 0 Å². The molecule has 4 atom stereocenters. The van der Waals surface area contributed by atoms with Crippen molar-refractivity contribution in [2.24, 2.45) is 17.8 Å². The molecule has 3 rings (SSSR count). The molecule has 0 aromatic heterocycles. The van der Waals surface area contributed by atoms with Gasteiger partial charge in [0.15, 0.2) is 0 Å². The number of likely N-dealkylation sites (tertiary alicyclic amines) is 1. The Balaban J connectivity index is 1.87. The molecule has 1 aromatic rings. The van der Waals surface area contributed by atoms with E-state index in [9.17, 15) is 14.9 Å². The van der Waals surface area contributed by atoms with Gasteiger partial charge in [-0.3, -0.25) is 9.59 Å². The first kappa shape index (κ1) is 16.5. The molecular weight excluding hydrogens is 304 g/mol. The van der Waals surface area contributed by atoms with Gasteiger partial charge < -0.3 is 9.64 Å². The van der Waals surface area contributed by atoms with Gasteiger partial charge in [0.1, 0.15) is 5.92 Å². The molecule has 1 amide bonds. The number of piperidine rings is 1. The number of benzene rings is 1. The third kappa shape index (κ3) is 3.01. The number of hydrogen-bond acceptors (Lipinski definition) is 4. The van der Waals surface area contributed by atoms with Crippen LogP contribution in [-0.2, 0) is 20.9 Å². The fraction of sp³-hybridized carbons (Fsp3) is 0.526. The van der Waals surface area contributed by atoms with Gasteiger partial charge in [-0.05, 0) is 37.7 Å². The average molecular weight is 326 g/mol. The molecule has 0 radical (unpaired) electrons. The maximum atomic E-state index is 13.0. The minimum atomic E-state index is -0.838. The van der Waals surface area contributed by atoms with Crippen molar-refractivity contribution < 1.29 is 14.3 Å². The Labute approximate surface area is 142 Å². The summed E-state index contributed by atoms with van der Waals surface area (Å²) in [6.07, 6.45) is 2.27. The zero-order valence-electron chi connectivity index (χ0n) is 13.9. The molecule has 2 aliphatic rings. The normalized spacial score (nSPS) is 29.0. The lowest BCUT2D eigenvalue weighted by molar-refractivity contribution is -0.167. The third-order valence-electron chi connectivity index (χ3n) is 5.19. The van der Waals surface area contributed by atoms with Crippen molar-refractivity contribution >= 4 is 11.9 Å². The first-order chi connectivity index (χ1) is 11.7. The molecule has 24 heavy (non-hydrogen) atoms. The zero-order valence-corrected chi connectivity index (χ0v) is 13.9. The van der Waals surface area contributed by atoms with E-state index < -0.39 is 11.9 Å². The van der Waals surface area contributed by atoms with Crippen molar-refractivity contribution in [1.82, 2.24) is 4.90 Å². The van der Waals surface area contributed by atoms with Gasteiger partial charge >= 0.3 is 5.97 Å². The summed E-state index contributed by atoms with van der Waals surface area (Å²) in [5.41, 5.74) is 1.05. The number of amides is 1. The standard InChI is InChI=1S/C19H22N2O3/c1-2-24-19(23)17-16-10-15(9-8-14(16)11-20)21(18(17)22)12-13-6-4-3-5-7-13/h3-7,14-17H,2,8-10,12H2,1H3/t14-,15-,16-,17-/m1/s1. The Morgan fingerprint density at radius 2 is 2.08 bits per heavy atom. The summed E-state index contributed by atoms with van der Waals surface area (Å²) in [6.45, 7) is 2.48. The molecule has 126 valence electrons. The van der Waals surface area contributed by atoms with Crippen LogP contribution in [-0.4, -0.2) is 29.4 Å². The fourth-order valence-electron chi connectivity index (χ4n) is 4.03. The summed E-state index contributed by atoms with van der Waals surface area (Å²) in [4.78, 5) is 27.2. The van der Waals surface area contributed by atoms with E-state index in [0.717, 1.165) is 18.4 Å². The van der Waals surface area contributed by atoms with Gasteiger partial charge in [-0.15, -0.1) is 0 Å². The number of ether oxygens (including phenoxy) is 1. The summed E-state index contributed by atoms with van der Waals surface area (Å²) in [5.74, 6) is -1.95. The highest BCUT2D eigenvalue weighted by atomic mass is 16.5. The molecular formula is C19H22N2O3. The molecule has 2 fully saturated rings. The van der Waals surface area contributed by atoms with Crippen molar-refractivity contribution in [3.05, 3.63) is 35.9 Å². The minimum Gasteiger partial charge on any atom is -0.465 e. The maximum Gasteiger partial charge on any atom is 0.318 e. The van der Waals surface area contributed by atoms with Crippen LogP contribution in [0.25, 0.3) is 0 Å². The molecule has 5 nitrogen and oxygen atoms in total. The summed E-state index contributed by atoms with van der Waals surface area (Å²) in [5, 5.41) is 9.39. The van der Waals surface area contributed by atoms with E-state index in [0.29, 0.717) is 13.0 Å². The molecule has 0 unspecified atom stereocenters. The lowest BCUT2D eigenvalue weighted by Gasteiger charge is -2.47. The summed E-state index contributed by atoms with van der Waals surface area (Å²) in [6, 6.07) is 12.2. The second-order valence-electron chi connectivity index (χ2n) is 6.55. The number of hydrogen-bond donors (Lipinski definition) is 0. The number of nitriles is 1. The van der Waals surface area contributed by atoms with E-state index >= 15 is 0 Å². The number of nitrogens with zero attached hydrogens (tertiary/aromatic N) is 2. The number of esters is 1. The first-order valence-electron chi connectivity index (χ1n) is 8.56. The van der Waals surface area contributed by atoms with Gasteiger partial charge in [0.05, 0.1) is 18.6 Å². The van der Waals surface area contributed by atoms with Crippen LogP contribution in [0.15, 0.2) is 30.3 Å². The lowest BCUT2D eigenvalue weighted by Crippen LogP contribution is -2.57. The Morgan fingerprint density at radius 3 is 2.75 bits per heavy atom. The van der Waals surface area contributed by atoms with Crippen LogP contribution in [0.4, 0.5) is 0 Å². The quantitative estimate of drug-likeness (QED) is 0.630. The van der Waals surface area contributed by atoms with Crippen LogP contribution >= 0.6 is 0 Å². The second-order valence-corrected chi connectivity index (χ2v) is 6.55. The van der Waals surface area contributed by atoms with E-state index in [4.69, 9.17) is 4.74 Å². The van der Waals surface area contributed by atoms with Crippen LogP contribution in [0.2, 0.25) is 0 Å². The molecule has 1 saturated heterocycles. The topological polar surface area (TPSA) is 70.4 Å². The largest absolute Gasteiger partial charge is 0.465 e. The number of fused-ring (bicyclic) bond motifs is 2. The maximum absolute atomic E-state index is 13.0. The Kier molecular flexibility index (Phi) is 4.84. The molecule has 1 aliphatic carbocycles. The van der Waals surface area contributed by atoms with Gasteiger partial charge in [-0.1, -0.05) is 30.3 Å². The number of rotatable bonds is 4. The van der Waals surface area contributed by atoms with E-state index in [2.05, 4.69) is 6.07 Å². The van der Waals surface area contributed by atoms with Crippen molar-refractivity contribution in [2.45, 2.75) is 38.8 Å². The van der Waals surface area contributed by atoms with Crippen LogP contribution < -0.4 is 0 Å². The average Bonchev–Trinajstić information content (AvgIpc) is 2.60. The minimum absolute atomic E-state index is 0.109. The second kappa shape index (κ2) is 7.04. The Bertz CT molecular complexity index is 652. The van der Waals surface area contributed by atoms with E-state index in [1.807, 2.05) is 35.2 Å². The summed E-state index contributed by atoms with van der Waals surface area (Å²) >= 11 is 0. The molecule has 0 N–H and O–H groups in total. The highest BCUT2D eigenvalue weighted by Crippen LogP contribution is 2.43. The lowest BCUT2D eigenvalue weighted by atomic mass is 9.67. The monoisotopic (exact) mass is 326 g/mol. The molecule has 0 spiro atoms. The molecule has 1 aromatic carbocycles. The smallest absolute Gasteiger partial charge is 0.318 e. The van der Waals surface area contributed by atoms with E-state index in [-0.39, 0.29) is 30.4 Å². The summed E-state index contributed by atoms with van der Waals surface area (Å²) < 4.78 is 5.14. The third-order valence-corrected chi connectivity index (χ3v) is 5.19.